The van der Waals surface area contributed by atoms with Gasteiger partial charge in [-0.05, 0) is 51.3 Å². The van der Waals surface area contributed by atoms with Crippen LogP contribution < -0.4 is 10.6 Å². The van der Waals surface area contributed by atoms with E-state index in [2.05, 4.69) is 15.5 Å². The van der Waals surface area contributed by atoms with E-state index in [1.54, 1.807) is 29.7 Å². The molecule has 3 rings (SSSR count). The first kappa shape index (κ1) is 37.8. The van der Waals surface area contributed by atoms with Crippen LogP contribution in [-0.2, 0) is 19.8 Å². The highest BCUT2D eigenvalue weighted by atomic mass is 35.5. The van der Waals surface area contributed by atoms with Crippen molar-refractivity contribution in [1.29, 1.82) is 0 Å². The molecule has 2 N–H and O–H groups in total. The fourth-order valence-corrected chi connectivity index (χ4v) is 5.28. The zero-order chi connectivity index (χ0) is 33.3. The molecular weight excluding hydrogens is 597 g/mol. The first-order chi connectivity index (χ1) is 20.0. The number of benzene rings is 1. The smallest absolute Gasteiger partial charge is 0.324 e. The number of nitrogens with zero attached hydrogens (tertiary/aromatic N) is 3. The second-order valence-corrected chi connectivity index (χ2v) is 12.4. The van der Waals surface area contributed by atoms with E-state index in [0.29, 0.717) is 36.6 Å². The van der Waals surface area contributed by atoms with Gasteiger partial charge < -0.3 is 15.1 Å². The quantitative estimate of drug-likeness (QED) is 0.275. The predicted molar refractivity (Wildman–Crippen MR) is 171 cm³/mol. The van der Waals surface area contributed by atoms with Crippen LogP contribution in [0.25, 0.3) is 0 Å². The zero-order valence-corrected chi connectivity index (χ0v) is 28.6. The normalized spacial score (nSPS) is 14.1. The molecule has 0 atom stereocenters. The largest absolute Gasteiger partial charge is 0.339 e. The number of piperazine rings is 1. The molecule has 10 nitrogen and oxygen atoms in total. The van der Waals surface area contributed by atoms with E-state index in [9.17, 15) is 23.6 Å². The number of thiophene rings is 1. The molecule has 2 heterocycles. The Hall–Kier alpha value is -3.22. The minimum Gasteiger partial charge on any atom is -0.339 e. The number of urea groups is 1. The Morgan fingerprint density at radius 1 is 1.21 bits per heavy atom. The minimum atomic E-state index is -1.02. The van der Waals surface area contributed by atoms with Crippen LogP contribution in [-0.4, -0.2) is 78.4 Å². The molecule has 0 aliphatic carbocycles. The molecule has 1 aliphatic heterocycles. The average Bonchev–Trinajstić information content (AvgIpc) is 3.39. The van der Waals surface area contributed by atoms with Gasteiger partial charge in [0.25, 0.3) is 5.91 Å². The van der Waals surface area contributed by atoms with E-state index in [1.165, 1.54) is 44.6 Å². The molecule has 1 fully saturated rings. The van der Waals surface area contributed by atoms with E-state index < -0.39 is 17.4 Å². The number of rotatable bonds is 6. The summed E-state index contributed by atoms with van der Waals surface area (Å²) in [5.74, 6) is -0.904. The van der Waals surface area contributed by atoms with Crippen LogP contribution in [0, 0.1) is 12.7 Å². The van der Waals surface area contributed by atoms with Crippen molar-refractivity contribution in [3.05, 3.63) is 45.0 Å². The second kappa shape index (κ2) is 16.0. The Morgan fingerprint density at radius 2 is 1.81 bits per heavy atom. The first-order valence-electron chi connectivity index (χ1n) is 14.0. The van der Waals surface area contributed by atoms with E-state index in [4.69, 9.17) is 11.6 Å². The lowest BCUT2D eigenvalue weighted by Crippen LogP contribution is -2.64. The topological polar surface area (TPSA) is 111 Å². The Labute approximate surface area is 263 Å². The van der Waals surface area contributed by atoms with Gasteiger partial charge in [0.05, 0.1) is 23.4 Å². The third kappa shape index (κ3) is 9.38. The Kier molecular flexibility index (Phi) is 14.1. The van der Waals surface area contributed by atoms with Crippen molar-refractivity contribution in [3.63, 3.8) is 0 Å². The van der Waals surface area contributed by atoms with Crippen molar-refractivity contribution in [3.8, 4) is 0 Å². The van der Waals surface area contributed by atoms with Gasteiger partial charge in [-0.15, -0.1) is 11.3 Å². The molecule has 0 saturated carbocycles. The SMILES string of the molecule is CC.CCN1CCN(C(=O)c2cc(C(C)(C)C)sc2NC(=O)Nc2ccc(F)c(C)c2Cl)C(C)(C)C1=O.CON(C)C=O. The van der Waals surface area contributed by atoms with Gasteiger partial charge in [-0.1, -0.05) is 46.2 Å². The van der Waals surface area contributed by atoms with Crippen molar-refractivity contribution in [2.24, 2.45) is 0 Å². The molecule has 5 amide bonds. The van der Waals surface area contributed by atoms with Crippen LogP contribution in [0.1, 0.15) is 76.2 Å². The molecule has 43 heavy (non-hydrogen) atoms. The maximum absolute atomic E-state index is 13.7. The number of hydroxylamine groups is 2. The lowest BCUT2D eigenvalue weighted by molar-refractivity contribution is -0.153. The highest BCUT2D eigenvalue weighted by molar-refractivity contribution is 7.16. The van der Waals surface area contributed by atoms with Gasteiger partial charge >= 0.3 is 6.03 Å². The summed E-state index contributed by atoms with van der Waals surface area (Å²) in [6.45, 7) is 18.4. The maximum Gasteiger partial charge on any atom is 0.324 e. The standard InChI is InChI=1S/C25H32ClFN4O3S.C3H7NO2.C2H6/c1-8-30-11-12-31(25(6,7)22(30)33)21(32)15-13-18(24(3,4)5)35-20(15)29-23(34)28-17-10-9-16(27)14(2)19(17)26;1-4(3-5)6-2;1-2/h9-10,13H,8,11-12H2,1-7H3,(H2,28,29,34);3H,1-2H3;1-2H3. The van der Waals surface area contributed by atoms with E-state index in [0.717, 1.165) is 9.94 Å². The summed E-state index contributed by atoms with van der Waals surface area (Å²) in [5, 5.41) is 6.94. The van der Waals surface area contributed by atoms with Crippen molar-refractivity contribution in [2.45, 2.75) is 73.3 Å². The van der Waals surface area contributed by atoms with Crippen LogP contribution in [0.3, 0.4) is 0 Å². The molecule has 1 aromatic heterocycles. The van der Waals surface area contributed by atoms with Gasteiger partial charge in [0.15, 0.2) is 0 Å². The molecule has 0 bridgehead atoms. The number of amides is 5. The van der Waals surface area contributed by atoms with Crippen molar-refractivity contribution < 1.29 is 28.4 Å². The minimum absolute atomic E-state index is 0.104. The van der Waals surface area contributed by atoms with Gasteiger partial charge in [-0.3, -0.25) is 24.5 Å². The van der Waals surface area contributed by atoms with Crippen molar-refractivity contribution in [1.82, 2.24) is 14.9 Å². The highest BCUT2D eigenvalue weighted by Gasteiger charge is 2.44. The summed E-state index contributed by atoms with van der Waals surface area (Å²) in [4.78, 5) is 57.6. The second-order valence-electron chi connectivity index (χ2n) is 11.0. The van der Waals surface area contributed by atoms with Crippen LogP contribution in [0.2, 0.25) is 5.02 Å². The van der Waals surface area contributed by atoms with Crippen LogP contribution in [0.5, 0.6) is 0 Å². The lowest BCUT2D eigenvalue weighted by Gasteiger charge is -2.45. The predicted octanol–water partition coefficient (Wildman–Crippen LogP) is 6.54. The number of nitrogens with one attached hydrogen (secondary N) is 2. The summed E-state index contributed by atoms with van der Waals surface area (Å²) in [6, 6.07) is 3.78. The molecule has 1 aliphatic rings. The maximum atomic E-state index is 13.7. The summed E-state index contributed by atoms with van der Waals surface area (Å²) in [7, 11) is 2.95. The van der Waals surface area contributed by atoms with E-state index in [1.807, 2.05) is 41.5 Å². The molecule has 1 aromatic carbocycles. The highest BCUT2D eigenvalue weighted by Crippen LogP contribution is 2.38. The van der Waals surface area contributed by atoms with Crippen LogP contribution in [0.15, 0.2) is 18.2 Å². The number of likely N-dealkylation sites (N-methyl/N-ethyl adjacent to an activating group) is 1. The Morgan fingerprint density at radius 3 is 2.30 bits per heavy atom. The number of hydrogen-bond donors (Lipinski definition) is 2. The summed E-state index contributed by atoms with van der Waals surface area (Å²) in [6.07, 6.45) is 0.583. The molecular formula is C30H45ClFN5O5S. The summed E-state index contributed by atoms with van der Waals surface area (Å²) < 4.78 is 13.7. The molecule has 0 unspecified atom stereocenters. The number of hydrogen-bond acceptors (Lipinski definition) is 6. The summed E-state index contributed by atoms with van der Waals surface area (Å²) >= 11 is 7.49. The van der Waals surface area contributed by atoms with Gasteiger partial charge in [0.1, 0.15) is 16.4 Å². The molecule has 240 valence electrons. The van der Waals surface area contributed by atoms with Gasteiger partial charge in [-0.25, -0.2) is 14.2 Å². The molecule has 13 heteroatoms. The fraction of sp³-hybridized carbons (Fsp3) is 0.533. The molecule has 0 spiro atoms. The average molecular weight is 642 g/mol. The van der Waals surface area contributed by atoms with E-state index in [-0.39, 0.29) is 33.5 Å². The van der Waals surface area contributed by atoms with E-state index >= 15 is 0 Å². The third-order valence-corrected chi connectivity index (χ3v) is 8.60. The zero-order valence-electron chi connectivity index (χ0n) is 27.0. The number of halogens is 2. The fourth-order valence-electron chi connectivity index (χ4n) is 3.98. The third-order valence-electron chi connectivity index (χ3n) is 6.64. The Balaban J connectivity index is 0.00000103. The number of carbonyl (C=O) groups excluding carboxylic acids is 4. The van der Waals surface area contributed by atoms with Gasteiger partial charge in [-0.2, -0.15) is 0 Å². The molecule has 2 aromatic rings. The van der Waals surface area contributed by atoms with Gasteiger partial charge in [0.2, 0.25) is 12.3 Å². The monoisotopic (exact) mass is 641 g/mol. The van der Waals surface area contributed by atoms with Gasteiger partial charge in [0, 0.05) is 37.1 Å². The lowest BCUT2D eigenvalue weighted by atomic mass is 9.93. The summed E-state index contributed by atoms with van der Waals surface area (Å²) in [5.41, 5.74) is -0.481. The van der Waals surface area contributed by atoms with Crippen molar-refractivity contribution in [2.75, 3.05) is 44.4 Å². The Bertz CT molecular complexity index is 1290. The first-order valence-corrected chi connectivity index (χ1v) is 15.2. The molecule has 0 radical (unpaired) electrons. The van der Waals surface area contributed by atoms with Crippen LogP contribution in [0.4, 0.5) is 19.9 Å². The number of anilines is 2. The number of carbonyl (C=O) groups is 4. The van der Waals surface area contributed by atoms with Crippen molar-refractivity contribution >= 4 is 57.9 Å². The molecule has 1 saturated heterocycles. The van der Waals surface area contributed by atoms with Crippen LogP contribution >= 0.6 is 22.9 Å².